The van der Waals surface area contributed by atoms with Gasteiger partial charge in [-0.3, -0.25) is 4.79 Å². The molecule has 0 spiro atoms. The minimum atomic E-state index is -0.400. The smallest absolute Gasteiger partial charge is 0.239 e. The number of rotatable bonds is 4. The summed E-state index contributed by atoms with van der Waals surface area (Å²) in [5.74, 6) is 0.450. The Labute approximate surface area is 154 Å². The predicted molar refractivity (Wildman–Crippen MR) is 101 cm³/mol. The average molecular weight is 368 g/mol. The maximum atomic E-state index is 13.3. The molecule has 2 heterocycles. The topological polar surface area (TPSA) is 62.1 Å². The van der Waals surface area contributed by atoms with Crippen molar-refractivity contribution in [3.05, 3.63) is 35.8 Å². The third-order valence-corrected chi connectivity index (χ3v) is 5.46. The molecule has 1 fully saturated rings. The maximum absolute atomic E-state index is 13.3. The lowest BCUT2D eigenvalue weighted by molar-refractivity contribution is -0.134. The number of piperidine rings is 1. The summed E-state index contributed by atoms with van der Waals surface area (Å²) in [7, 11) is 0. The SMILES string of the molecule is CCC(C)C(N)C(=O)N1CCC(c2c[nH]c3cc(F)ccc23)CC1.Cl. The Morgan fingerprint density at radius 1 is 1.40 bits per heavy atom. The van der Waals surface area contributed by atoms with E-state index in [0.717, 1.165) is 43.3 Å². The van der Waals surface area contributed by atoms with Gasteiger partial charge >= 0.3 is 0 Å². The van der Waals surface area contributed by atoms with Crippen molar-refractivity contribution in [1.29, 1.82) is 0 Å². The fourth-order valence-electron chi connectivity index (χ4n) is 3.58. The number of aromatic nitrogens is 1. The van der Waals surface area contributed by atoms with Crippen molar-refractivity contribution in [1.82, 2.24) is 9.88 Å². The average Bonchev–Trinajstić information content (AvgIpc) is 3.02. The number of nitrogens with two attached hydrogens (primary N) is 1. The first-order chi connectivity index (χ1) is 11.5. The highest BCUT2D eigenvalue weighted by Gasteiger charge is 2.29. The number of nitrogens with one attached hydrogen (secondary N) is 1. The number of aromatic amines is 1. The van der Waals surface area contributed by atoms with Crippen LogP contribution in [0.3, 0.4) is 0 Å². The van der Waals surface area contributed by atoms with Gasteiger partial charge in [0.05, 0.1) is 6.04 Å². The van der Waals surface area contributed by atoms with Gasteiger partial charge in [0.1, 0.15) is 5.82 Å². The molecule has 2 unspecified atom stereocenters. The van der Waals surface area contributed by atoms with Gasteiger partial charge in [0.25, 0.3) is 0 Å². The monoisotopic (exact) mass is 367 g/mol. The van der Waals surface area contributed by atoms with Crippen molar-refractivity contribution in [3.63, 3.8) is 0 Å². The maximum Gasteiger partial charge on any atom is 0.239 e. The lowest BCUT2D eigenvalue weighted by atomic mass is 9.88. The number of fused-ring (bicyclic) bond motifs is 1. The van der Waals surface area contributed by atoms with Gasteiger partial charge in [0, 0.05) is 30.2 Å². The van der Waals surface area contributed by atoms with E-state index in [1.165, 1.54) is 17.7 Å². The molecule has 4 nitrogen and oxygen atoms in total. The summed E-state index contributed by atoms with van der Waals surface area (Å²) in [6.45, 7) is 5.56. The molecular weight excluding hydrogens is 341 g/mol. The van der Waals surface area contributed by atoms with Crippen molar-refractivity contribution in [2.45, 2.75) is 45.1 Å². The van der Waals surface area contributed by atoms with E-state index in [4.69, 9.17) is 5.73 Å². The number of nitrogens with zero attached hydrogens (tertiary/aromatic N) is 1. The highest BCUT2D eigenvalue weighted by molar-refractivity contribution is 5.85. The number of H-pyrrole nitrogens is 1. The molecular formula is C19H27ClFN3O. The third kappa shape index (κ3) is 3.98. The summed E-state index contributed by atoms with van der Waals surface area (Å²) in [5.41, 5.74) is 8.15. The summed E-state index contributed by atoms with van der Waals surface area (Å²) < 4.78 is 13.3. The van der Waals surface area contributed by atoms with E-state index in [1.54, 1.807) is 0 Å². The van der Waals surface area contributed by atoms with Gasteiger partial charge in [0.15, 0.2) is 0 Å². The van der Waals surface area contributed by atoms with Gasteiger partial charge in [0.2, 0.25) is 5.91 Å². The van der Waals surface area contributed by atoms with Crippen molar-refractivity contribution in [3.8, 4) is 0 Å². The van der Waals surface area contributed by atoms with E-state index in [1.807, 2.05) is 24.1 Å². The molecule has 138 valence electrons. The standard InChI is InChI=1S/C19H26FN3O.ClH/c1-3-12(2)18(21)19(24)23-8-6-13(7-9-23)16-11-22-17-10-14(20)4-5-15(16)17;/h4-5,10-13,18,22H,3,6-9,21H2,1-2H3;1H. The van der Waals surface area contributed by atoms with Crippen LogP contribution < -0.4 is 5.73 Å². The van der Waals surface area contributed by atoms with Crippen LogP contribution in [0.25, 0.3) is 10.9 Å². The zero-order chi connectivity index (χ0) is 17.3. The molecule has 1 aromatic carbocycles. The molecule has 0 bridgehead atoms. The van der Waals surface area contributed by atoms with Crippen molar-refractivity contribution in [2.24, 2.45) is 11.7 Å². The molecule has 1 aromatic heterocycles. The van der Waals surface area contributed by atoms with Crippen molar-refractivity contribution >= 4 is 29.2 Å². The minimum Gasteiger partial charge on any atom is -0.361 e. The molecule has 25 heavy (non-hydrogen) atoms. The third-order valence-electron chi connectivity index (χ3n) is 5.46. The van der Waals surface area contributed by atoms with Crippen LogP contribution in [0.1, 0.15) is 44.6 Å². The highest BCUT2D eigenvalue weighted by atomic mass is 35.5. The molecule has 3 N–H and O–H groups in total. The predicted octanol–water partition coefficient (Wildman–Crippen LogP) is 3.81. The first-order valence-corrected chi connectivity index (χ1v) is 8.82. The minimum absolute atomic E-state index is 0. The van der Waals surface area contributed by atoms with E-state index in [0.29, 0.717) is 5.92 Å². The number of hydrogen-bond donors (Lipinski definition) is 2. The van der Waals surface area contributed by atoms with Crippen molar-refractivity contribution < 1.29 is 9.18 Å². The molecule has 1 amide bonds. The number of halogens is 2. The molecule has 0 saturated carbocycles. The Kier molecular flexibility index (Phi) is 6.47. The van der Waals surface area contributed by atoms with Crippen LogP contribution in [-0.4, -0.2) is 34.9 Å². The molecule has 2 atom stereocenters. The van der Waals surface area contributed by atoms with Gasteiger partial charge in [-0.2, -0.15) is 0 Å². The van der Waals surface area contributed by atoms with E-state index < -0.39 is 6.04 Å². The highest BCUT2D eigenvalue weighted by Crippen LogP contribution is 2.33. The van der Waals surface area contributed by atoms with E-state index in [9.17, 15) is 9.18 Å². The lowest BCUT2D eigenvalue weighted by Crippen LogP contribution is -2.49. The number of amides is 1. The second-order valence-electron chi connectivity index (χ2n) is 6.94. The fourth-order valence-corrected chi connectivity index (χ4v) is 3.58. The first kappa shape index (κ1) is 19.7. The Bertz CT molecular complexity index is 725. The van der Waals surface area contributed by atoms with Crippen LogP contribution in [0.4, 0.5) is 4.39 Å². The molecule has 3 rings (SSSR count). The van der Waals surface area contributed by atoms with Gasteiger partial charge < -0.3 is 15.6 Å². The Morgan fingerprint density at radius 3 is 2.72 bits per heavy atom. The van der Waals surface area contributed by atoms with E-state index in [-0.39, 0.29) is 30.0 Å². The van der Waals surface area contributed by atoms with Gasteiger partial charge in [-0.1, -0.05) is 20.3 Å². The fraction of sp³-hybridized carbons (Fsp3) is 0.526. The second-order valence-corrected chi connectivity index (χ2v) is 6.94. The van der Waals surface area contributed by atoms with E-state index in [2.05, 4.69) is 11.9 Å². The molecule has 0 radical (unpaired) electrons. The van der Waals surface area contributed by atoms with Crippen molar-refractivity contribution in [2.75, 3.05) is 13.1 Å². The molecule has 6 heteroatoms. The van der Waals surface area contributed by atoms with Crippen LogP contribution in [0.5, 0.6) is 0 Å². The quantitative estimate of drug-likeness (QED) is 0.863. The summed E-state index contributed by atoms with van der Waals surface area (Å²) in [6.07, 6.45) is 4.74. The molecule has 2 aromatic rings. The Morgan fingerprint density at radius 2 is 2.08 bits per heavy atom. The van der Waals surface area contributed by atoms with Gasteiger partial charge in [-0.05, 0) is 48.4 Å². The number of carbonyl (C=O) groups excluding carboxylic acids is 1. The van der Waals surface area contributed by atoms with Crippen LogP contribution in [0, 0.1) is 11.7 Å². The normalized spacial score (nSPS) is 18.0. The number of likely N-dealkylation sites (tertiary alicyclic amines) is 1. The number of hydrogen-bond acceptors (Lipinski definition) is 2. The summed E-state index contributed by atoms with van der Waals surface area (Å²) >= 11 is 0. The van der Waals surface area contributed by atoms with Crippen LogP contribution in [0.2, 0.25) is 0 Å². The number of carbonyl (C=O) groups is 1. The number of benzene rings is 1. The van der Waals surface area contributed by atoms with Crippen LogP contribution >= 0.6 is 12.4 Å². The molecule has 1 saturated heterocycles. The van der Waals surface area contributed by atoms with Gasteiger partial charge in [-0.15, -0.1) is 12.4 Å². The van der Waals surface area contributed by atoms with Gasteiger partial charge in [-0.25, -0.2) is 4.39 Å². The molecule has 1 aliphatic heterocycles. The zero-order valence-corrected chi connectivity index (χ0v) is 15.6. The second kappa shape index (κ2) is 8.19. The first-order valence-electron chi connectivity index (χ1n) is 8.82. The molecule has 0 aliphatic carbocycles. The largest absolute Gasteiger partial charge is 0.361 e. The van der Waals surface area contributed by atoms with Crippen LogP contribution in [-0.2, 0) is 4.79 Å². The summed E-state index contributed by atoms with van der Waals surface area (Å²) in [6, 6.07) is 4.47. The van der Waals surface area contributed by atoms with E-state index >= 15 is 0 Å². The van der Waals surface area contributed by atoms with Crippen LogP contribution in [0.15, 0.2) is 24.4 Å². The summed E-state index contributed by atoms with van der Waals surface area (Å²) in [4.78, 5) is 17.6. The Hall–Kier alpha value is -1.59. The lowest BCUT2D eigenvalue weighted by Gasteiger charge is -2.34. The Balaban J connectivity index is 0.00000225. The molecule has 1 aliphatic rings. The zero-order valence-electron chi connectivity index (χ0n) is 14.8. The summed E-state index contributed by atoms with van der Waals surface area (Å²) in [5, 5.41) is 1.08.